The minimum absolute atomic E-state index is 0.0735. The average molecular weight is 377 g/mol. The number of rotatable bonds is 7. The first-order valence-electron chi connectivity index (χ1n) is 7.88. The van der Waals surface area contributed by atoms with E-state index in [0.29, 0.717) is 22.9 Å². The number of carbonyl (C=O) groups excluding carboxylic acids is 1. The molecule has 1 aliphatic rings. The fraction of sp³-hybridized carbons (Fsp3) is 0.278. The summed E-state index contributed by atoms with van der Waals surface area (Å²) in [6, 6.07) is 13.9. The third-order valence-electron chi connectivity index (χ3n) is 3.69. The highest BCUT2D eigenvalue weighted by molar-refractivity contribution is 8.08. The van der Waals surface area contributed by atoms with Gasteiger partial charge in [-0.25, -0.2) is 8.42 Å². The molecule has 2 aromatic carbocycles. The van der Waals surface area contributed by atoms with Crippen molar-refractivity contribution in [1.82, 2.24) is 5.32 Å². The Morgan fingerprint density at radius 3 is 2.20 bits per heavy atom. The number of hydrogen-bond donors (Lipinski definition) is 1. The lowest BCUT2D eigenvalue weighted by molar-refractivity contribution is -0.119. The van der Waals surface area contributed by atoms with E-state index in [0.717, 1.165) is 11.3 Å². The van der Waals surface area contributed by atoms with E-state index in [1.54, 1.807) is 36.0 Å². The number of carbonyl (C=O) groups is 1. The van der Waals surface area contributed by atoms with Gasteiger partial charge in [0, 0.05) is 24.5 Å². The Hall–Kier alpha value is -1.99. The largest absolute Gasteiger partial charge is 0.457 e. The van der Waals surface area contributed by atoms with Gasteiger partial charge in [-0.05, 0) is 42.0 Å². The number of ether oxygens (including phenoxy) is 1. The smallest absolute Gasteiger partial charge is 0.217 e. The second kappa shape index (κ2) is 7.49. The topological polar surface area (TPSA) is 72.5 Å². The highest BCUT2D eigenvalue weighted by Crippen LogP contribution is 2.33. The second-order valence-corrected chi connectivity index (χ2v) is 9.23. The zero-order chi connectivity index (χ0) is 17.9. The van der Waals surface area contributed by atoms with Crippen LogP contribution in [0.2, 0.25) is 0 Å². The monoisotopic (exact) mass is 377 g/mol. The van der Waals surface area contributed by atoms with E-state index in [1.165, 1.54) is 6.92 Å². The van der Waals surface area contributed by atoms with Crippen molar-refractivity contribution in [3.63, 3.8) is 0 Å². The van der Waals surface area contributed by atoms with Crippen LogP contribution in [0.1, 0.15) is 12.5 Å². The molecule has 7 heteroatoms. The zero-order valence-corrected chi connectivity index (χ0v) is 15.4. The molecule has 1 atom stereocenters. The maximum Gasteiger partial charge on any atom is 0.217 e. The molecule has 2 aromatic rings. The molecule has 3 rings (SSSR count). The zero-order valence-electron chi connectivity index (χ0n) is 13.8. The van der Waals surface area contributed by atoms with Gasteiger partial charge in [-0.3, -0.25) is 4.79 Å². The van der Waals surface area contributed by atoms with Crippen LogP contribution in [0.15, 0.2) is 53.4 Å². The summed E-state index contributed by atoms with van der Waals surface area (Å²) < 4.78 is 30.2. The molecule has 0 saturated carbocycles. The number of hydrogen-bond acceptors (Lipinski definition) is 5. The first-order valence-corrected chi connectivity index (χ1v) is 10.6. The molecule has 1 N–H and O–H groups in total. The van der Waals surface area contributed by atoms with E-state index in [-0.39, 0.29) is 16.9 Å². The second-order valence-electron chi connectivity index (χ2n) is 5.86. The molecule has 25 heavy (non-hydrogen) atoms. The van der Waals surface area contributed by atoms with Crippen LogP contribution >= 0.6 is 11.8 Å². The van der Waals surface area contributed by atoms with E-state index >= 15 is 0 Å². The summed E-state index contributed by atoms with van der Waals surface area (Å²) >= 11 is 1.67. The number of benzene rings is 2. The van der Waals surface area contributed by atoms with Gasteiger partial charge in [0.05, 0.1) is 10.6 Å². The Morgan fingerprint density at radius 1 is 1.12 bits per heavy atom. The molecule has 5 nitrogen and oxygen atoms in total. The van der Waals surface area contributed by atoms with Crippen LogP contribution in [0.25, 0.3) is 0 Å². The van der Waals surface area contributed by atoms with Crippen molar-refractivity contribution >= 4 is 27.5 Å². The first-order chi connectivity index (χ1) is 11.9. The summed E-state index contributed by atoms with van der Waals surface area (Å²) in [6.07, 6.45) is 0. The molecule has 0 aromatic heterocycles. The predicted octanol–water partition coefficient (Wildman–Crippen LogP) is 3.00. The molecule has 1 fully saturated rings. The molecule has 0 radical (unpaired) electrons. The SMILES string of the molecule is CC(=O)NCc1ccc(Oc2ccc(S(=O)(=O)C[C@H]3CS3)cc2)cc1. The standard InChI is InChI=1S/C18H19NO4S2/c1-13(20)19-10-14-2-4-15(5-3-14)23-16-6-8-18(9-7-16)25(21,22)12-17-11-24-17/h2-9,17H,10-12H2,1H3,(H,19,20)/t17-/m1/s1. The average Bonchev–Trinajstić information content (AvgIpc) is 3.38. The van der Waals surface area contributed by atoms with Crippen molar-refractivity contribution in [3.8, 4) is 11.5 Å². The highest BCUT2D eigenvalue weighted by Gasteiger charge is 2.29. The fourth-order valence-electron chi connectivity index (χ4n) is 2.26. The third-order valence-corrected chi connectivity index (χ3v) is 6.71. The molecule has 1 amide bonds. The van der Waals surface area contributed by atoms with Gasteiger partial charge in [0.25, 0.3) is 0 Å². The lowest BCUT2D eigenvalue weighted by Gasteiger charge is -2.08. The van der Waals surface area contributed by atoms with Gasteiger partial charge < -0.3 is 10.1 Å². The van der Waals surface area contributed by atoms with E-state index in [1.807, 2.05) is 24.3 Å². The van der Waals surface area contributed by atoms with Crippen molar-refractivity contribution in [2.24, 2.45) is 0 Å². The number of amides is 1. The van der Waals surface area contributed by atoms with E-state index < -0.39 is 9.84 Å². The van der Waals surface area contributed by atoms with Crippen LogP contribution in [-0.2, 0) is 21.2 Å². The molecule has 0 unspecified atom stereocenters. The van der Waals surface area contributed by atoms with Crippen LogP contribution in [-0.4, -0.2) is 31.1 Å². The Balaban J connectivity index is 1.62. The summed E-state index contributed by atoms with van der Waals surface area (Å²) in [6.45, 7) is 1.95. The molecular formula is C18H19NO4S2. The minimum Gasteiger partial charge on any atom is -0.457 e. The summed E-state index contributed by atoms with van der Waals surface area (Å²) in [5.41, 5.74) is 0.974. The summed E-state index contributed by atoms with van der Waals surface area (Å²) in [5, 5.41) is 2.98. The fourth-order valence-corrected chi connectivity index (χ4v) is 4.93. The van der Waals surface area contributed by atoms with Gasteiger partial charge >= 0.3 is 0 Å². The Bertz CT molecular complexity index is 842. The normalized spacial score (nSPS) is 16.3. The van der Waals surface area contributed by atoms with E-state index in [4.69, 9.17) is 4.74 Å². The van der Waals surface area contributed by atoms with Crippen LogP contribution < -0.4 is 10.1 Å². The van der Waals surface area contributed by atoms with Gasteiger partial charge in [0.1, 0.15) is 11.5 Å². The number of thioether (sulfide) groups is 1. The highest BCUT2D eigenvalue weighted by atomic mass is 32.2. The summed E-state index contributed by atoms with van der Waals surface area (Å²) in [5.74, 6) is 2.29. The van der Waals surface area contributed by atoms with Gasteiger partial charge in [-0.1, -0.05) is 12.1 Å². The van der Waals surface area contributed by atoms with Gasteiger partial charge in [0.15, 0.2) is 9.84 Å². The van der Waals surface area contributed by atoms with E-state index in [2.05, 4.69) is 5.32 Å². The van der Waals surface area contributed by atoms with Gasteiger partial charge in [-0.2, -0.15) is 11.8 Å². The molecule has 0 bridgehead atoms. The summed E-state index contributed by atoms with van der Waals surface area (Å²) in [4.78, 5) is 11.2. The van der Waals surface area contributed by atoms with Crippen molar-refractivity contribution < 1.29 is 17.9 Å². The molecule has 1 saturated heterocycles. The van der Waals surface area contributed by atoms with Gasteiger partial charge in [-0.15, -0.1) is 0 Å². The maximum absolute atomic E-state index is 12.2. The predicted molar refractivity (Wildman–Crippen MR) is 98.8 cm³/mol. The Morgan fingerprint density at radius 2 is 1.68 bits per heavy atom. The lowest BCUT2D eigenvalue weighted by atomic mass is 10.2. The molecular weight excluding hydrogens is 358 g/mol. The Labute approximate surface area is 151 Å². The quantitative estimate of drug-likeness (QED) is 0.751. The lowest BCUT2D eigenvalue weighted by Crippen LogP contribution is -2.18. The number of nitrogens with one attached hydrogen (secondary N) is 1. The van der Waals surface area contributed by atoms with Crippen LogP contribution in [0.5, 0.6) is 11.5 Å². The molecule has 1 aliphatic heterocycles. The third kappa shape index (κ3) is 5.24. The van der Waals surface area contributed by atoms with Gasteiger partial charge in [0.2, 0.25) is 5.91 Å². The summed E-state index contributed by atoms with van der Waals surface area (Å²) in [7, 11) is -3.22. The van der Waals surface area contributed by atoms with E-state index in [9.17, 15) is 13.2 Å². The molecule has 132 valence electrons. The minimum atomic E-state index is -3.22. The maximum atomic E-state index is 12.2. The van der Waals surface area contributed by atoms with Crippen molar-refractivity contribution in [3.05, 3.63) is 54.1 Å². The molecule has 1 heterocycles. The van der Waals surface area contributed by atoms with Crippen molar-refractivity contribution in [1.29, 1.82) is 0 Å². The Kier molecular flexibility index (Phi) is 5.34. The van der Waals surface area contributed by atoms with Crippen molar-refractivity contribution in [2.45, 2.75) is 23.6 Å². The van der Waals surface area contributed by atoms with Crippen LogP contribution in [0, 0.1) is 0 Å². The first kappa shape index (κ1) is 17.8. The number of sulfone groups is 1. The van der Waals surface area contributed by atoms with Crippen molar-refractivity contribution in [2.75, 3.05) is 11.5 Å². The van der Waals surface area contributed by atoms with Crippen LogP contribution in [0.3, 0.4) is 0 Å². The molecule has 0 aliphatic carbocycles. The van der Waals surface area contributed by atoms with Crippen LogP contribution in [0.4, 0.5) is 0 Å². The molecule has 0 spiro atoms.